The van der Waals surface area contributed by atoms with Crippen molar-refractivity contribution in [1.29, 1.82) is 0 Å². The second-order valence-corrected chi connectivity index (χ2v) is 5.20. The quantitative estimate of drug-likeness (QED) is 0.530. The van der Waals surface area contributed by atoms with Crippen LogP contribution in [0.2, 0.25) is 0 Å². The zero-order valence-electron chi connectivity index (χ0n) is 12.7. The molecule has 1 aliphatic rings. The molecular weight excluding hydrogens is 348 g/mol. The van der Waals surface area contributed by atoms with E-state index in [4.69, 9.17) is 9.47 Å². The van der Waals surface area contributed by atoms with Gasteiger partial charge in [0.05, 0.1) is 13.2 Å². The van der Waals surface area contributed by atoms with Gasteiger partial charge >= 0.3 is 11.9 Å². The van der Waals surface area contributed by atoms with Crippen molar-refractivity contribution in [3.05, 3.63) is 58.2 Å². The van der Waals surface area contributed by atoms with Crippen LogP contribution in [-0.2, 0) is 19.1 Å². The summed E-state index contributed by atoms with van der Waals surface area (Å²) in [6, 6.07) is 0. The average molecular weight is 367 g/mol. The Bertz CT molecular complexity index is 565. The van der Waals surface area contributed by atoms with Gasteiger partial charge in [-0.1, -0.05) is 30.4 Å². The van der Waals surface area contributed by atoms with E-state index >= 15 is 0 Å². The molecule has 0 aliphatic heterocycles. The zero-order valence-corrected chi connectivity index (χ0v) is 14.3. The van der Waals surface area contributed by atoms with E-state index in [0.717, 1.165) is 11.1 Å². The minimum absolute atomic E-state index is 0.328. The van der Waals surface area contributed by atoms with Gasteiger partial charge in [-0.2, -0.15) is 0 Å². The van der Waals surface area contributed by atoms with Crippen LogP contribution in [0.4, 0.5) is 0 Å². The van der Waals surface area contributed by atoms with Crippen LogP contribution in [0.5, 0.6) is 0 Å². The molecule has 0 fully saturated rings. The van der Waals surface area contributed by atoms with Crippen LogP contribution in [0.15, 0.2) is 58.2 Å². The summed E-state index contributed by atoms with van der Waals surface area (Å²) in [4.78, 5) is 22.9. The summed E-state index contributed by atoms with van der Waals surface area (Å²) >= 11 is 3.22. The lowest BCUT2D eigenvalue weighted by molar-refractivity contribution is -0.138. The van der Waals surface area contributed by atoms with Gasteiger partial charge in [-0.3, -0.25) is 0 Å². The molecule has 1 aliphatic carbocycles. The molecule has 0 aromatic carbocycles. The number of hydrogen-bond acceptors (Lipinski definition) is 4. The van der Waals surface area contributed by atoms with Crippen LogP contribution < -0.4 is 0 Å². The highest BCUT2D eigenvalue weighted by Crippen LogP contribution is 2.21. The summed E-state index contributed by atoms with van der Waals surface area (Å²) in [6.07, 6.45) is 13.0. The molecule has 0 saturated heterocycles. The van der Waals surface area contributed by atoms with Crippen molar-refractivity contribution in [2.45, 2.75) is 20.3 Å². The fraction of sp³-hybridized carbons (Fsp3) is 0.294. The van der Waals surface area contributed by atoms with Crippen LogP contribution in [0.25, 0.3) is 0 Å². The molecule has 1 rings (SSSR count). The van der Waals surface area contributed by atoms with Gasteiger partial charge in [0.25, 0.3) is 0 Å². The standard InChI is InChI=1S/C17H19BrO4/c1-3-21-16(19)10-9-13-7-5-6-8-14(11-13)12-15(18)17(20)22-4-2/h5-10,12H,3-4,11H2,1-2H3/b10-9+,15-12-. The molecule has 0 unspecified atom stereocenters. The maximum atomic E-state index is 11.6. The predicted molar refractivity (Wildman–Crippen MR) is 89.3 cm³/mol. The molecule has 0 aromatic rings. The Balaban J connectivity index is 2.77. The minimum Gasteiger partial charge on any atom is -0.463 e. The second-order valence-electron chi connectivity index (χ2n) is 4.34. The van der Waals surface area contributed by atoms with Crippen LogP contribution in [0.3, 0.4) is 0 Å². The number of hydrogen-bond donors (Lipinski definition) is 0. The predicted octanol–water partition coefficient (Wildman–Crippen LogP) is 3.76. The highest BCUT2D eigenvalue weighted by Gasteiger charge is 2.08. The Morgan fingerprint density at radius 1 is 1.14 bits per heavy atom. The Labute approximate surface area is 139 Å². The van der Waals surface area contributed by atoms with Gasteiger partial charge in [-0.25, -0.2) is 9.59 Å². The summed E-state index contributed by atoms with van der Waals surface area (Å²) in [6.45, 7) is 4.20. The molecule has 0 bridgehead atoms. The molecule has 118 valence electrons. The first kappa shape index (κ1) is 18.2. The van der Waals surface area contributed by atoms with E-state index in [2.05, 4.69) is 15.9 Å². The van der Waals surface area contributed by atoms with Crippen LogP contribution in [-0.4, -0.2) is 25.2 Å². The van der Waals surface area contributed by atoms with Crippen molar-refractivity contribution in [3.8, 4) is 0 Å². The first-order valence-electron chi connectivity index (χ1n) is 7.02. The summed E-state index contributed by atoms with van der Waals surface area (Å²) in [7, 11) is 0. The highest BCUT2D eigenvalue weighted by molar-refractivity contribution is 9.12. The van der Waals surface area contributed by atoms with Gasteiger partial charge in [0.1, 0.15) is 4.48 Å². The molecule has 0 radical (unpaired) electrons. The van der Waals surface area contributed by atoms with Gasteiger partial charge in [0, 0.05) is 6.08 Å². The van der Waals surface area contributed by atoms with Gasteiger partial charge in [0.15, 0.2) is 0 Å². The zero-order chi connectivity index (χ0) is 16.4. The molecule has 0 saturated carbocycles. The third kappa shape index (κ3) is 6.72. The molecule has 22 heavy (non-hydrogen) atoms. The normalized spacial score (nSPS) is 15.1. The Hall–Kier alpha value is -1.88. The number of carbonyl (C=O) groups is 2. The van der Waals surface area contributed by atoms with E-state index in [1.807, 2.05) is 24.3 Å². The smallest absolute Gasteiger partial charge is 0.345 e. The van der Waals surface area contributed by atoms with Crippen LogP contribution >= 0.6 is 15.9 Å². The molecular formula is C17H19BrO4. The molecule has 0 N–H and O–H groups in total. The van der Waals surface area contributed by atoms with E-state index in [-0.39, 0.29) is 5.97 Å². The number of rotatable bonds is 6. The van der Waals surface area contributed by atoms with Crippen molar-refractivity contribution in [2.75, 3.05) is 13.2 Å². The second kappa shape index (κ2) is 9.95. The monoisotopic (exact) mass is 366 g/mol. The van der Waals surface area contributed by atoms with E-state index in [0.29, 0.717) is 24.1 Å². The SMILES string of the molecule is CCOC(=O)/C=C/C1=CC=CC=C(/C=C(\Br)C(=O)OCC)C1. The first-order chi connectivity index (χ1) is 10.6. The van der Waals surface area contributed by atoms with Crippen LogP contribution in [0, 0.1) is 0 Å². The fourth-order valence-electron chi connectivity index (χ4n) is 1.71. The third-order valence-electron chi connectivity index (χ3n) is 2.64. The third-order valence-corrected chi connectivity index (χ3v) is 3.20. The van der Waals surface area contributed by atoms with Crippen molar-refractivity contribution in [3.63, 3.8) is 0 Å². The van der Waals surface area contributed by atoms with Crippen LogP contribution in [0.1, 0.15) is 20.3 Å². The van der Waals surface area contributed by atoms with Gasteiger partial charge in [-0.15, -0.1) is 0 Å². The molecule has 4 nitrogen and oxygen atoms in total. The maximum absolute atomic E-state index is 11.6. The number of allylic oxidation sites excluding steroid dienone is 8. The van der Waals surface area contributed by atoms with Gasteiger partial charge in [0.2, 0.25) is 0 Å². The van der Waals surface area contributed by atoms with Gasteiger partial charge in [-0.05, 0) is 53.4 Å². The average Bonchev–Trinajstić information content (AvgIpc) is 2.71. The number of halogens is 1. The number of esters is 2. The van der Waals surface area contributed by atoms with Gasteiger partial charge < -0.3 is 9.47 Å². The van der Waals surface area contributed by atoms with Crippen molar-refractivity contribution in [2.24, 2.45) is 0 Å². The van der Waals surface area contributed by atoms with Crippen molar-refractivity contribution in [1.82, 2.24) is 0 Å². The van der Waals surface area contributed by atoms with E-state index in [1.165, 1.54) is 6.08 Å². The lowest BCUT2D eigenvalue weighted by Gasteiger charge is -2.04. The van der Waals surface area contributed by atoms with E-state index < -0.39 is 5.97 Å². The molecule has 0 aromatic heterocycles. The van der Waals surface area contributed by atoms with E-state index in [9.17, 15) is 9.59 Å². The highest BCUT2D eigenvalue weighted by atomic mass is 79.9. The Morgan fingerprint density at radius 2 is 1.77 bits per heavy atom. The number of carbonyl (C=O) groups excluding carboxylic acids is 2. The summed E-state index contributed by atoms with van der Waals surface area (Å²) in [5.74, 6) is -0.769. The summed E-state index contributed by atoms with van der Waals surface area (Å²) < 4.78 is 10.1. The largest absolute Gasteiger partial charge is 0.463 e. The lowest BCUT2D eigenvalue weighted by atomic mass is 10.1. The topological polar surface area (TPSA) is 52.6 Å². The molecule has 5 heteroatoms. The summed E-state index contributed by atoms with van der Waals surface area (Å²) in [5, 5.41) is 0. The van der Waals surface area contributed by atoms with Crippen molar-refractivity contribution < 1.29 is 19.1 Å². The molecule has 0 atom stereocenters. The Kier molecular flexibility index (Phi) is 8.22. The lowest BCUT2D eigenvalue weighted by Crippen LogP contribution is -2.03. The van der Waals surface area contributed by atoms with Crippen molar-refractivity contribution >= 4 is 27.9 Å². The molecule has 0 spiro atoms. The maximum Gasteiger partial charge on any atom is 0.345 e. The summed E-state index contributed by atoms with van der Waals surface area (Å²) in [5.41, 5.74) is 1.86. The fourth-order valence-corrected chi connectivity index (χ4v) is 2.12. The Morgan fingerprint density at radius 3 is 2.41 bits per heavy atom. The first-order valence-corrected chi connectivity index (χ1v) is 7.81. The molecule has 0 amide bonds. The number of ether oxygens (including phenoxy) is 2. The minimum atomic E-state index is -0.399. The van der Waals surface area contributed by atoms with E-state index in [1.54, 1.807) is 26.0 Å². The molecule has 0 heterocycles.